The van der Waals surface area contributed by atoms with Gasteiger partial charge in [-0.15, -0.1) is 0 Å². The van der Waals surface area contributed by atoms with Crippen LogP contribution in [0.4, 0.5) is 15.9 Å². The fourth-order valence-corrected chi connectivity index (χ4v) is 3.72. The highest BCUT2D eigenvalue weighted by Gasteiger charge is 2.29. The first-order valence-corrected chi connectivity index (χ1v) is 9.48. The van der Waals surface area contributed by atoms with E-state index < -0.39 is 0 Å². The largest absolute Gasteiger partial charge is 0.443 e. The highest BCUT2D eigenvalue weighted by atomic mass is 19.1. The molecule has 2 aromatic heterocycles. The van der Waals surface area contributed by atoms with Crippen LogP contribution in [0.3, 0.4) is 0 Å². The minimum Gasteiger partial charge on any atom is -0.443 e. The molecule has 146 valence electrons. The van der Waals surface area contributed by atoms with Gasteiger partial charge in [0.1, 0.15) is 23.2 Å². The van der Waals surface area contributed by atoms with Crippen LogP contribution in [-0.4, -0.2) is 29.0 Å². The molecule has 0 bridgehead atoms. The SMILES string of the molecule is Cc1nc(N2CCCC(C(=O)Nc3ccc(F)cc3)C2)c2c(C)c(C)oc2n1. The Morgan fingerprint density at radius 1 is 1.21 bits per heavy atom. The van der Waals surface area contributed by atoms with Crippen LogP contribution in [-0.2, 0) is 4.79 Å². The fraction of sp³-hybridized carbons (Fsp3) is 0.381. The number of furan rings is 1. The van der Waals surface area contributed by atoms with Crippen LogP contribution in [0.15, 0.2) is 28.7 Å². The van der Waals surface area contributed by atoms with Crippen LogP contribution < -0.4 is 10.2 Å². The molecular weight excluding hydrogens is 359 g/mol. The van der Waals surface area contributed by atoms with E-state index in [4.69, 9.17) is 4.42 Å². The van der Waals surface area contributed by atoms with Gasteiger partial charge in [-0.25, -0.2) is 9.37 Å². The molecule has 0 radical (unpaired) electrons. The molecule has 1 aromatic carbocycles. The number of piperidine rings is 1. The van der Waals surface area contributed by atoms with Gasteiger partial charge >= 0.3 is 0 Å². The summed E-state index contributed by atoms with van der Waals surface area (Å²) in [6.07, 6.45) is 1.70. The third-order valence-corrected chi connectivity index (χ3v) is 5.32. The summed E-state index contributed by atoms with van der Waals surface area (Å²) in [5, 5.41) is 3.81. The molecule has 1 amide bonds. The van der Waals surface area contributed by atoms with E-state index in [1.54, 1.807) is 12.1 Å². The third-order valence-electron chi connectivity index (χ3n) is 5.32. The lowest BCUT2D eigenvalue weighted by Gasteiger charge is -2.33. The molecule has 0 saturated carbocycles. The van der Waals surface area contributed by atoms with Crippen LogP contribution in [0, 0.1) is 32.5 Å². The standard InChI is InChI=1S/C21H23FN4O2/c1-12-13(2)28-21-18(12)19(23-14(3)24-21)26-10-4-5-15(11-26)20(27)25-17-8-6-16(22)7-9-17/h6-9,15H,4-5,10-11H2,1-3H3,(H,25,27). The molecule has 1 N–H and O–H groups in total. The molecule has 1 saturated heterocycles. The second-order valence-corrected chi connectivity index (χ2v) is 7.34. The summed E-state index contributed by atoms with van der Waals surface area (Å²) in [7, 11) is 0. The molecule has 1 fully saturated rings. The molecule has 1 aliphatic heterocycles. The summed E-state index contributed by atoms with van der Waals surface area (Å²) >= 11 is 0. The summed E-state index contributed by atoms with van der Waals surface area (Å²) in [5.41, 5.74) is 2.23. The number of amides is 1. The molecule has 6 nitrogen and oxygen atoms in total. The Balaban J connectivity index is 1.58. The number of rotatable bonds is 3. The Bertz CT molecular complexity index is 1030. The lowest BCUT2D eigenvalue weighted by Crippen LogP contribution is -2.41. The number of fused-ring (bicyclic) bond motifs is 1. The Labute approximate surface area is 162 Å². The fourth-order valence-electron chi connectivity index (χ4n) is 3.72. The van der Waals surface area contributed by atoms with Crippen molar-refractivity contribution in [2.75, 3.05) is 23.3 Å². The molecule has 1 atom stereocenters. The van der Waals surface area contributed by atoms with Crippen LogP contribution in [0.2, 0.25) is 0 Å². The van der Waals surface area contributed by atoms with Crippen molar-refractivity contribution >= 4 is 28.5 Å². The summed E-state index contributed by atoms with van der Waals surface area (Å²) in [5.74, 6) is 1.76. The first kappa shape index (κ1) is 18.4. The van der Waals surface area contributed by atoms with E-state index in [2.05, 4.69) is 20.2 Å². The molecule has 4 rings (SSSR count). The van der Waals surface area contributed by atoms with Crippen molar-refractivity contribution in [3.05, 3.63) is 47.2 Å². The highest BCUT2D eigenvalue weighted by molar-refractivity contribution is 5.94. The second kappa shape index (κ2) is 7.22. The number of hydrogen-bond acceptors (Lipinski definition) is 5. The van der Waals surface area contributed by atoms with Crippen LogP contribution in [0.25, 0.3) is 11.1 Å². The van der Waals surface area contributed by atoms with Gasteiger partial charge in [0, 0.05) is 24.3 Å². The third kappa shape index (κ3) is 3.44. The van der Waals surface area contributed by atoms with E-state index in [1.165, 1.54) is 12.1 Å². The normalized spacial score (nSPS) is 17.1. The molecule has 3 aromatic rings. The Kier molecular flexibility index (Phi) is 4.75. The van der Waals surface area contributed by atoms with E-state index in [-0.39, 0.29) is 17.6 Å². The Morgan fingerprint density at radius 2 is 1.96 bits per heavy atom. The molecule has 0 spiro atoms. The van der Waals surface area contributed by atoms with E-state index in [0.29, 0.717) is 23.8 Å². The van der Waals surface area contributed by atoms with Crippen molar-refractivity contribution in [2.24, 2.45) is 5.92 Å². The van der Waals surface area contributed by atoms with Crippen molar-refractivity contribution < 1.29 is 13.6 Å². The van der Waals surface area contributed by atoms with Crippen molar-refractivity contribution in [1.82, 2.24) is 9.97 Å². The zero-order valence-corrected chi connectivity index (χ0v) is 16.3. The predicted octanol–water partition coefficient (Wildman–Crippen LogP) is 4.14. The molecule has 28 heavy (non-hydrogen) atoms. The van der Waals surface area contributed by atoms with Crippen molar-refractivity contribution in [3.63, 3.8) is 0 Å². The molecule has 1 unspecified atom stereocenters. The summed E-state index contributed by atoms with van der Waals surface area (Å²) in [6.45, 7) is 7.17. The lowest BCUT2D eigenvalue weighted by atomic mass is 9.96. The lowest BCUT2D eigenvalue weighted by molar-refractivity contribution is -0.120. The number of aromatic nitrogens is 2. The van der Waals surface area contributed by atoms with Gasteiger partial charge in [0.25, 0.3) is 0 Å². The summed E-state index contributed by atoms with van der Waals surface area (Å²) < 4.78 is 18.9. The molecule has 3 heterocycles. The van der Waals surface area contributed by atoms with E-state index in [1.807, 2.05) is 20.8 Å². The van der Waals surface area contributed by atoms with Gasteiger partial charge in [-0.05, 0) is 57.9 Å². The van der Waals surface area contributed by atoms with Gasteiger partial charge in [-0.1, -0.05) is 0 Å². The molecular formula is C21H23FN4O2. The quantitative estimate of drug-likeness (QED) is 0.737. The smallest absolute Gasteiger partial charge is 0.231 e. The van der Waals surface area contributed by atoms with Gasteiger partial charge in [0.05, 0.1) is 11.3 Å². The van der Waals surface area contributed by atoms with Gasteiger partial charge in [-0.3, -0.25) is 4.79 Å². The number of anilines is 2. The van der Waals surface area contributed by atoms with Gasteiger partial charge < -0.3 is 14.6 Å². The zero-order chi connectivity index (χ0) is 19.8. The maximum absolute atomic E-state index is 13.1. The average molecular weight is 382 g/mol. The number of benzene rings is 1. The van der Waals surface area contributed by atoms with E-state index in [9.17, 15) is 9.18 Å². The molecule has 0 aliphatic carbocycles. The second-order valence-electron chi connectivity index (χ2n) is 7.34. The maximum atomic E-state index is 13.1. The minimum atomic E-state index is -0.323. The number of hydrogen-bond donors (Lipinski definition) is 1. The number of aryl methyl sites for hydroxylation is 3. The van der Waals surface area contributed by atoms with Crippen molar-refractivity contribution in [1.29, 1.82) is 0 Å². The molecule has 7 heteroatoms. The van der Waals surface area contributed by atoms with Gasteiger partial charge in [0.2, 0.25) is 11.6 Å². The Hall–Kier alpha value is -2.96. The predicted molar refractivity (Wildman–Crippen MR) is 106 cm³/mol. The van der Waals surface area contributed by atoms with Crippen molar-refractivity contribution in [2.45, 2.75) is 33.6 Å². The summed E-state index contributed by atoms with van der Waals surface area (Å²) in [6, 6.07) is 5.83. The average Bonchev–Trinajstić information content (AvgIpc) is 2.96. The number of nitrogens with zero attached hydrogens (tertiary/aromatic N) is 3. The maximum Gasteiger partial charge on any atom is 0.231 e. The number of halogens is 1. The first-order chi connectivity index (χ1) is 13.4. The monoisotopic (exact) mass is 382 g/mol. The highest BCUT2D eigenvalue weighted by Crippen LogP contribution is 2.33. The number of nitrogens with one attached hydrogen (secondary N) is 1. The van der Waals surface area contributed by atoms with Gasteiger partial charge in [0.15, 0.2) is 0 Å². The first-order valence-electron chi connectivity index (χ1n) is 9.48. The van der Waals surface area contributed by atoms with Crippen LogP contribution in [0.5, 0.6) is 0 Å². The minimum absolute atomic E-state index is 0.0570. The Morgan fingerprint density at radius 3 is 2.71 bits per heavy atom. The van der Waals surface area contributed by atoms with E-state index >= 15 is 0 Å². The van der Waals surface area contributed by atoms with Crippen LogP contribution in [0.1, 0.15) is 30.0 Å². The van der Waals surface area contributed by atoms with E-state index in [0.717, 1.165) is 41.9 Å². The zero-order valence-electron chi connectivity index (χ0n) is 16.3. The molecule has 1 aliphatic rings. The number of carbonyl (C=O) groups excluding carboxylic acids is 1. The van der Waals surface area contributed by atoms with Crippen LogP contribution >= 0.6 is 0 Å². The van der Waals surface area contributed by atoms with Gasteiger partial charge in [-0.2, -0.15) is 4.98 Å². The number of carbonyl (C=O) groups is 1. The summed E-state index contributed by atoms with van der Waals surface area (Å²) in [4.78, 5) is 24.0. The van der Waals surface area contributed by atoms with Crippen molar-refractivity contribution in [3.8, 4) is 0 Å². The topological polar surface area (TPSA) is 71.3 Å².